The molecule has 3 heteroatoms. The second-order valence-electron chi connectivity index (χ2n) is 6.21. The van der Waals surface area contributed by atoms with E-state index >= 15 is 0 Å². The lowest BCUT2D eigenvalue weighted by Crippen LogP contribution is -2.35. The van der Waals surface area contributed by atoms with Crippen LogP contribution in [0, 0.1) is 23.5 Å². The zero-order valence-electron chi connectivity index (χ0n) is 13.2. The summed E-state index contributed by atoms with van der Waals surface area (Å²) in [7, 11) is 0. The van der Waals surface area contributed by atoms with Crippen LogP contribution in [0.1, 0.15) is 64.0 Å². The van der Waals surface area contributed by atoms with Crippen molar-refractivity contribution in [3.8, 4) is 0 Å². The molecule has 0 saturated heterocycles. The highest BCUT2D eigenvalue weighted by Crippen LogP contribution is 2.41. The maximum atomic E-state index is 14.2. The average Bonchev–Trinajstić information content (AvgIpc) is 2.49. The van der Waals surface area contributed by atoms with E-state index in [2.05, 4.69) is 19.2 Å². The van der Waals surface area contributed by atoms with Gasteiger partial charge in [-0.15, -0.1) is 0 Å². The highest BCUT2D eigenvalue weighted by molar-refractivity contribution is 5.23. The Balaban J connectivity index is 2.27. The SMILES string of the molecule is CCCNC(c1ccc(F)cc1F)C1CCCCC1CC. The molecule has 0 radical (unpaired) electrons. The van der Waals surface area contributed by atoms with Crippen molar-refractivity contribution in [1.82, 2.24) is 5.32 Å². The lowest BCUT2D eigenvalue weighted by molar-refractivity contribution is 0.173. The molecule has 21 heavy (non-hydrogen) atoms. The number of rotatable bonds is 6. The Bertz CT molecular complexity index is 447. The molecule has 0 heterocycles. The van der Waals surface area contributed by atoms with Crippen molar-refractivity contribution < 1.29 is 8.78 Å². The van der Waals surface area contributed by atoms with E-state index in [0.717, 1.165) is 31.9 Å². The summed E-state index contributed by atoms with van der Waals surface area (Å²) in [5.41, 5.74) is 0.634. The highest BCUT2D eigenvalue weighted by atomic mass is 19.1. The van der Waals surface area contributed by atoms with E-state index in [9.17, 15) is 8.78 Å². The molecule has 118 valence electrons. The molecule has 1 aromatic carbocycles. The van der Waals surface area contributed by atoms with Gasteiger partial charge in [-0.3, -0.25) is 0 Å². The third kappa shape index (κ3) is 4.03. The number of hydrogen-bond acceptors (Lipinski definition) is 1. The van der Waals surface area contributed by atoms with E-state index in [1.165, 1.54) is 25.3 Å². The minimum Gasteiger partial charge on any atom is -0.310 e. The molecule has 3 atom stereocenters. The molecule has 1 saturated carbocycles. The summed E-state index contributed by atoms with van der Waals surface area (Å²) in [5.74, 6) is 0.179. The van der Waals surface area contributed by atoms with Gasteiger partial charge in [-0.1, -0.05) is 45.6 Å². The van der Waals surface area contributed by atoms with Crippen LogP contribution in [0.5, 0.6) is 0 Å². The van der Waals surface area contributed by atoms with Gasteiger partial charge in [0, 0.05) is 17.7 Å². The first kappa shape index (κ1) is 16.4. The Hall–Kier alpha value is -0.960. The average molecular weight is 295 g/mol. The predicted octanol–water partition coefficient (Wildman–Crippen LogP) is 5.22. The van der Waals surface area contributed by atoms with Gasteiger partial charge in [0.2, 0.25) is 0 Å². The van der Waals surface area contributed by atoms with Crippen molar-refractivity contribution >= 4 is 0 Å². The lowest BCUT2D eigenvalue weighted by Gasteiger charge is -2.38. The van der Waals surface area contributed by atoms with Crippen LogP contribution in [-0.2, 0) is 0 Å². The third-order valence-electron chi connectivity index (χ3n) is 4.83. The zero-order valence-corrected chi connectivity index (χ0v) is 13.2. The summed E-state index contributed by atoms with van der Waals surface area (Å²) < 4.78 is 27.4. The Morgan fingerprint density at radius 1 is 1.19 bits per heavy atom. The highest BCUT2D eigenvalue weighted by Gasteiger charge is 2.32. The molecule has 2 rings (SSSR count). The second kappa shape index (κ2) is 7.88. The Labute approximate surface area is 127 Å². The first-order valence-electron chi connectivity index (χ1n) is 8.35. The van der Waals surface area contributed by atoms with Crippen molar-refractivity contribution in [3.63, 3.8) is 0 Å². The molecule has 1 aromatic rings. The van der Waals surface area contributed by atoms with Gasteiger partial charge >= 0.3 is 0 Å². The van der Waals surface area contributed by atoms with Gasteiger partial charge in [0.05, 0.1) is 0 Å². The van der Waals surface area contributed by atoms with Gasteiger partial charge in [-0.05, 0) is 37.3 Å². The molecule has 1 fully saturated rings. The van der Waals surface area contributed by atoms with Crippen LogP contribution in [0.2, 0.25) is 0 Å². The molecule has 0 bridgehead atoms. The minimum absolute atomic E-state index is 0.01000. The van der Waals surface area contributed by atoms with E-state index in [-0.39, 0.29) is 6.04 Å². The van der Waals surface area contributed by atoms with E-state index in [1.807, 2.05) is 0 Å². The van der Waals surface area contributed by atoms with Crippen molar-refractivity contribution in [2.24, 2.45) is 11.8 Å². The number of halogens is 2. The normalized spacial score (nSPS) is 24.0. The molecule has 0 aliphatic heterocycles. The summed E-state index contributed by atoms with van der Waals surface area (Å²) in [4.78, 5) is 0. The van der Waals surface area contributed by atoms with Crippen molar-refractivity contribution in [1.29, 1.82) is 0 Å². The summed E-state index contributed by atoms with van der Waals surface area (Å²) >= 11 is 0. The molecule has 3 unspecified atom stereocenters. The van der Waals surface area contributed by atoms with Crippen LogP contribution in [0.3, 0.4) is 0 Å². The van der Waals surface area contributed by atoms with Gasteiger partial charge < -0.3 is 5.32 Å². The van der Waals surface area contributed by atoms with E-state index in [1.54, 1.807) is 6.07 Å². The molecule has 1 nitrogen and oxygen atoms in total. The maximum absolute atomic E-state index is 14.2. The van der Waals surface area contributed by atoms with Crippen LogP contribution in [-0.4, -0.2) is 6.54 Å². The molecule has 0 spiro atoms. The first-order chi connectivity index (χ1) is 10.2. The van der Waals surface area contributed by atoms with Gasteiger partial charge in [-0.25, -0.2) is 8.78 Å². The summed E-state index contributed by atoms with van der Waals surface area (Å²) in [6.45, 7) is 5.21. The van der Waals surface area contributed by atoms with Crippen LogP contribution in [0.15, 0.2) is 18.2 Å². The van der Waals surface area contributed by atoms with Crippen LogP contribution >= 0.6 is 0 Å². The Morgan fingerprint density at radius 2 is 1.95 bits per heavy atom. The molecule has 0 aromatic heterocycles. The van der Waals surface area contributed by atoms with Gasteiger partial charge in [0.1, 0.15) is 11.6 Å². The molecule has 1 aliphatic rings. The number of hydrogen-bond donors (Lipinski definition) is 1. The smallest absolute Gasteiger partial charge is 0.130 e. The fourth-order valence-corrected chi connectivity index (χ4v) is 3.73. The Kier molecular flexibility index (Phi) is 6.16. The maximum Gasteiger partial charge on any atom is 0.130 e. The van der Waals surface area contributed by atoms with Crippen LogP contribution in [0.4, 0.5) is 8.78 Å². The number of nitrogens with one attached hydrogen (secondary N) is 1. The fraction of sp³-hybridized carbons (Fsp3) is 0.667. The molecular formula is C18H27F2N. The quantitative estimate of drug-likeness (QED) is 0.758. The standard InChI is InChI=1S/C18H27F2N/c1-3-11-21-18(15-8-6-5-7-13(15)4-2)16-10-9-14(19)12-17(16)20/h9-10,12-13,15,18,21H,3-8,11H2,1-2H3. The molecule has 1 aliphatic carbocycles. The minimum atomic E-state index is -0.499. The van der Waals surface area contributed by atoms with Crippen LogP contribution < -0.4 is 5.32 Å². The predicted molar refractivity (Wildman–Crippen MR) is 83.1 cm³/mol. The fourth-order valence-electron chi connectivity index (χ4n) is 3.73. The number of benzene rings is 1. The van der Waals surface area contributed by atoms with Gasteiger partial charge in [0.15, 0.2) is 0 Å². The van der Waals surface area contributed by atoms with Crippen molar-refractivity contribution in [2.75, 3.05) is 6.54 Å². The van der Waals surface area contributed by atoms with E-state index < -0.39 is 11.6 Å². The monoisotopic (exact) mass is 295 g/mol. The molecule has 0 amide bonds. The molecular weight excluding hydrogens is 268 g/mol. The first-order valence-corrected chi connectivity index (χ1v) is 8.35. The molecule has 1 N–H and O–H groups in total. The van der Waals surface area contributed by atoms with Gasteiger partial charge in [0.25, 0.3) is 0 Å². The van der Waals surface area contributed by atoms with Gasteiger partial charge in [-0.2, -0.15) is 0 Å². The summed E-state index contributed by atoms with van der Waals surface area (Å²) in [6, 6.07) is 4.03. The van der Waals surface area contributed by atoms with Crippen LogP contribution in [0.25, 0.3) is 0 Å². The van der Waals surface area contributed by atoms with Crippen molar-refractivity contribution in [2.45, 2.75) is 58.4 Å². The summed E-state index contributed by atoms with van der Waals surface area (Å²) in [5, 5.41) is 3.52. The largest absolute Gasteiger partial charge is 0.310 e. The zero-order chi connectivity index (χ0) is 15.2. The lowest BCUT2D eigenvalue weighted by atomic mass is 9.72. The van der Waals surface area contributed by atoms with Crippen molar-refractivity contribution in [3.05, 3.63) is 35.4 Å². The topological polar surface area (TPSA) is 12.0 Å². The van der Waals surface area contributed by atoms with E-state index in [4.69, 9.17) is 0 Å². The third-order valence-corrected chi connectivity index (χ3v) is 4.83. The Morgan fingerprint density at radius 3 is 2.62 bits per heavy atom. The van der Waals surface area contributed by atoms with E-state index in [0.29, 0.717) is 17.4 Å². The second-order valence-corrected chi connectivity index (χ2v) is 6.21. The summed E-state index contributed by atoms with van der Waals surface area (Å²) in [6.07, 6.45) is 7.02.